The predicted molar refractivity (Wildman–Crippen MR) is 66.3 cm³/mol. The first-order chi connectivity index (χ1) is 8.24. The molecule has 4 nitrogen and oxygen atoms in total. The van der Waals surface area contributed by atoms with Crippen LogP contribution in [0.4, 0.5) is 0 Å². The molecule has 1 amide bonds. The van der Waals surface area contributed by atoms with Gasteiger partial charge in [-0.3, -0.25) is 4.79 Å². The molecule has 0 unspecified atom stereocenters. The highest BCUT2D eigenvalue weighted by atomic mass is 16.5. The van der Waals surface area contributed by atoms with Crippen LogP contribution in [0, 0.1) is 0 Å². The van der Waals surface area contributed by atoms with Crippen LogP contribution in [0.15, 0.2) is 24.3 Å². The monoisotopic (exact) mass is 237 g/mol. The van der Waals surface area contributed by atoms with Crippen molar-refractivity contribution >= 4 is 5.91 Å². The topological polar surface area (TPSA) is 49.8 Å². The Morgan fingerprint density at radius 1 is 1.29 bits per heavy atom. The van der Waals surface area contributed by atoms with Crippen LogP contribution in [0.3, 0.4) is 0 Å². The number of rotatable bonds is 6. The van der Waals surface area contributed by atoms with Crippen molar-refractivity contribution in [2.75, 3.05) is 26.3 Å². The van der Waals surface area contributed by atoms with Gasteiger partial charge >= 0.3 is 0 Å². The highest BCUT2D eigenvalue weighted by Crippen LogP contribution is 2.19. The van der Waals surface area contributed by atoms with Crippen molar-refractivity contribution in [3.05, 3.63) is 29.8 Å². The van der Waals surface area contributed by atoms with Gasteiger partial charge in [-0.25, -0.2) is 0 Å². The summed E-state index contributed by atoms with van der Waals surface area (Å²) in [6.45, 7) is 5.36. The van der Waals surface area contributed by atoms with Crippen molar-refractivity contribution in [1.29, 1.82) is 0 Å². The van der Waals surface area contributed by atoms with Crippen LogP contribution in [-0.4, -0.2) is 42.2 Å². The van der Waals surface area contributed by atoms with E-state index in [0.29, 0.717) is 24.4 Å². The Kier molecular flexibility index (Phi) is 5.49. The molecule has 1 rings (SSSR count). The third-order valence-corrected chi connectivity index (χ3v) is 2.52. The molecule has 0 heterocycles. The fourth-order valence-electron chi connectivity index (χ4n) is 1.61. The maximum Gasteiger partial charge on any atom is 0.257 e. The zero-order valence-electron chi connectivity index (χ0n) is 10.3. The number of hydrogen-bond donors (Lipinski definition) is 1. The molecule has 1 aromatic rings. The Bertz CT molecular complexity index is 361. The second-order valence-corrected chi connectivity index (χ2v) is 3.55. The summed E-state index contributed by atoms with van der Waals surface area (Å²) in [4.78, 5) is 13.9. The minimum absolute atomic E-state index is 0.0384. The van der Waals surface area contributed by atoms with Crippen molar-refractivity contribution in [2.24, 2.45) is 0 Å². The molecule has 0 saturated carbocycles. The van der Waals surface area contributed by atoms with Crippen LogP contribution in [0.5, 0.6) is 5.75 Å². The van der Waals surface area contributed by atoms with E-state index in [0.717, 1.165) is 0 Å². The summed E-state index contributed by atoms with van der Waals surface area (Å²) in [5, 5.41) is 8.74. The Hall–Kier alpha value is -1.55. The summed E-state index contributed by atoms with van der Waals surface area (Å²) in [5.41, 5.74) is 0.546. The lowest BCUT2D eigenvalue weighted by atomic mass is 10.1. The minimum Gasteiger partial charge on any atom is -0.490 e. The number of aliphatic hydroxyl groups is 1. The van der Waals surface area contributed by atoms with E-state index in [1.807, 2.05) is 26.0 Å². The van der Waals surface area contributed by atoms with Crippen molar-refractivity contribution in [3.8, 4) is 5.75 Å². The van der Waals surface area contributed by atoms with Crippen molar-refractivity contribution in [3.63, 3.8) is 0 Å². The summed E-state index contributed by atoms with van der Waals surface area (Å²) < 4.78 is 5.35. The molecule has 0 spiro atoms. The van der Waals surface area contributed by atoms with Crippen LogP contribution >= 0.6 is 0 Å². The summed E-state index contributed by atoms with van der Waals surface area (Å²) >= 11 is 0. The molecule has 0 saturated heterocycles. The number of nitrogens with zero attached hydrogens (tertiary/aromatic N) is 1. The number of para-hydroxylation sites is 1. The Balaban J connectivity index is 2.91. The van der Waals surface area contributed by atoms with E-state index in [1.54, 1.807) is 17.0 Å². The predicted octanol–water partition coefficient (Wildman–Crippen LogP) is 1.54. The number of carbonyl (C=O) groups excluding carboxylic acids is 1. The van der Waals surface area contributed by atoms with E-state index in [2.05, 4.69) is 0 Å². The van der Waals surface area contributed by atoms with Crippen molar-refractivity contribution < 1.29 is 14.6 Å². The van der Waals surface area contributed by atoms with Crippen molar-refractivity contribution in [1.82, 2.24) is 4.90 Å². The number of hydrogen-bond acceptors (Lipinski definition) is 3. The van der Waals surface area contributed by atoms with Gasteiger partial charge in [0.05, 0.1) is 12.2 Å². The summed E-state index contributed by atoms with van der Waals surface area (Å²) in [6.07, 6.45) is 0. The van der Waals surface area contributed by atoms with E-state index in [4.69, 9.17) is 9.84 Å². The molecule has 1 N–H and O–H groups in total. The Labute approximate surface area is 102 Å². The van der Waals surface area contributed by atoms with Gasteiger partial charge in [-0.2, -0.15) is 0 Å². The van der Waals surface area contributed by atoms with Gasteiger partial charge in [0.2, 0.25) is 0 Å². The Morgan fingerprint density at radius 3 is 2.53 bits per heavy atom. The average molecular weight is 237 g/mol. The van der Waals surface area contributed by atoms with Crippen molar-refractivity contribution in [2.45, 2.75) is 13.8 Å². The van der Waals surface area contributed by atoms with E-state index < -0.39 is 0 Å². The second-order valence-electron chi connectivity index (χ2n) is 3.55. The van der Waals surface area contributed by atoms with Gasteiger partial charge in [0.1, 0.15) is 12.4 Å². The fourth-order valence-corrected chi connectivity index (χ4v) is 1.61. The number of aliphatic hydroxyl groups excluding tert-OH is 1. The zero-order chi connectivity index (χ0) is 12.7. The number of benzene rings is 1. The van der Waals surface area contributed by atoms with Gasteiger partial charge in [-0.1, -0.05) is 12.1 Å². The van der Waals surface area contributed by atoms with Crippen LogP contribution in [0.25, 0.3) is 0 Å². The number of carbonyl (C=O) groups is 1. The standard InChI is InChI=1S/C13H19NO3/c1-3-14(4-2)13(16)11-7-5-6-8-12(11)17-10-9-15/h5-8,15H,3-4,9-10H2,1-2H3. The van der Waals surface area contributed by atoms with Gasteiger partial charge in [0.25, 0.3) is 5.91 Å². The van der Waals surface area contributed by atoms with Gasteiger partial charge < -0.3 is 14.7 Å². The second kappa shape index (κ2) is 6.91. The summed E-state index contributed by atoms with van der Waals surface area (Å²) in [6, 6.07) is 7.11. The molecular weight excluding hydrogens is 218 g/mol. The lowest BCUT2D eigenvalue weighted by molar-refractivity contribution is 0.0767. The quantitative estimate of drug-likeness (QED) is 0.816. The molecule has 0 aliphatic rings. The largest absolute Gasteiger partial charge is 0.490 e. The lowest BCUT2D eigenvalue weighted by Crippen LogP contribution is -2.30. The molecule has 0 fully saturated rings. The maximum absolute atomic E-state index is 12.2. The minimum atomic E-state index is -0.0617. The maximum atomic E-state index is 12.2. The molecule has 4 heteroatoms. The normalized spacial score (nSPS) is 10.1. The highest BCUT2D eigenvalue weighted by Gasteiger charge is 2.16. The van der Waals surface area contributed by atoms with E-state index in [1.165, 1.54) is 0 Å². The van der Waals surface area contributed by atoms with E-state index in [9.17, 15) is 4.79 Å². The smallest absolute Gasteiger partial charge is 0.257 e. The molecule has 17 heavy (non-hydrogen) atoms. The zero-order valence-corrected chi connectivity index (χ0v) is 10.3. The molecule has 0 aliphatic carbocycles. The van der Waals surface area contributed by atoms with Crippen LogP contribution in [-0.2, 0) is 0 Å². The molecule has 0 aromatic heterocycles. The van der Waals surface area contributed by atoms with Gasteiger partial charge in [-0.15, -0.1) is 0 Å². The molecule has 0 radical (unpaired) electrons. The van der Waals surface area contributed by atoms with Gasteiger partial charge in [-0.05, 0) is 26.0 Å². The van der Waals surface area contributed by atoms with Gasteiger partial charge in [0.15, 0.2) is 0 Å². The third-order valence-electron chi connectivity index (χ3n) is 2.52. The van der Waals surface area contributed by atoms with Crippen LogP contribution in [0.1, 0.15) is 24.2 Å². The van der Waals surface area contributed by atoms with E-state index >= 15 is 0 Å². The molecule has 0 bridgehead atoms. The first-order valence-corrected chi connectivity index (χ1v) is 5.86. The first-order valence-electron chi connectivity index (χ1n) is 5.86. The third kappa shape index (κ3) is 3.46. The highest BCUT2D eigenvalue weighted by molar-refractivity contribution is 5.96. The SMILES string of the molecule is CCN(CC)C(=O)c1ccccc1OCCO. The van der Waals surface area contributed by atoms with E-state index in [-0.39, 0.29) is 19.1 Å². The van der Waals surface area contributed by atoms with Gasteiger partial charge in [0, 0.05) is 13.1 Å². The average Bonchev–Trinajstić information content (AvgIpc) is 2.38. The van der Waals surface area contributed by atoms with Crippen LogP contribution in [0.2, 0.25) is 0 Å². The molecule has 0 aliphatic heterocycles. The number of amides is 1. The summed E-state index contributed by atoms with van der Waals surface area (Å²) in [7, 11) is 0. The molecule has 94 valence electrons. The molecular formula is C13H19NO3. The number of ether oxygens (including phenoxy) is 1. The molecule has 0 atom stereocenters. The Morgan fingerprint density at radius 2 is 1.94 bits per heavy atom. The van der Waals surface area contributed by atoms with Crippen LogP contribution < -0.4 is 4.74 Å². The fraction of sp³-hybridized carbons (Fsp3) is 0.462. The molecule has 1 aromatic carbocycles. The summed E-state index contributed by atoms with van der Waals surface area (Å²) in [5.74, 6) is 0.488. The first kappa shape index (κ1) is 13.5. The lowest BCUT2D eigenvalue weighted by Gasteiger charge is -2.20.